The van der Waals surface area contributed by atoms with Crippen molar-refractivity contribution in [2.75, 3.05) is 13.1 Å². The Morgan fingerprint density at radius 2 is 1.71 bits per heavy atom. The SMILES string of the molecule is Cc1ccsc1CN(Cc1ccc(F)cc1)C(=O)CN(CC(C)C)S(=O)(=O)/C=C/c1ccccc1. The van der Waals surface area contributed by atoms with E-state index in [1.165, 1.54) is 16.4 Å². The van der Waals surface area contributed by atoms with Crippen LogP contribution in [-0.4, -0.2) is 36.6 Å². The van der Waals surface area contributed by atoms with Gasteiger partial charge in [0.15, 0.2) is 0 Å². The molecule has 0 N–H and O–H groups in total. The van der Waals surface area contributed by atoms with Gasteiger partial charge in [0.1, 0.15) is 5.82 Å². The summed E-state index contributed by atoms with van der Waals surface area (Å²) in [4.78, 5) is 16.2. The van der Waals surface area contributed by atoms with Gasteiger partial charge in [-0.1, -0.05) is 56.3 Å². The molecule has 3 aromatic rings. The fourth-order valence-electron chi connectivity index (χ4n) is 3.51. The molecule has 0 radical (unpaired) electrons. The Labute approximate surface area is 211 Å². The van der Waals surface area contributed by atoms with Crippen molar-refractivity contribution in [2.24, 2.45) is 5.92 Å². The Hall–Kier alpha value is -2.81. The van der Waals surface area contributed by atoms with Crippen LogP contribution >= 0.6 is 11.3 Å². The van der Waals surface area contributed by atoms with E-state index in [1.807, 2.05) is 62.5 Å². The second-order valence-corrected chi connectivity index (χ2v) is 11.7. The van der Waals surface area contributed by atoms with Crippen molar-refractivity contribution in [3.63, 3.8) is 0 Å². The minimum atomic E-state index is -3.83. The van der Waals surface area contributed by atoms with E-state index in [2.05, 4.69) is 0 Å². The molecule has 0 aliphatic heterocycles. The van der Waals surface area contributed by atoms with E-state index in [9.17, 15) is 17.6 Å². The van der Waals surface area contributed by atoms with Gasteiger partial charge in [0, 0.05) is 23.4 Å². The van der Waals surface area contributed by atoms with Crippen LogP contribution in [0.25, 0.3) is 6.08 Å². The maximum absolute atomic E-state index is 13.5. The maximum Gasteiger partial charge on any atom is 0.238 e. The number of benzene rings is 2. The number of aryl methyl sites for hydroxylation is 1. The molecule has 3 rings (SSSR count). The van der Waals surface area contributed by atoms with Crippen molar-refractivity contribution in [1.29, 1.82) is 0 Å². The zero-order valence-corrected chi connectivity index (χ0v) is 21.9. The molecule has 0 bridgehead atoms. The molecule has 0 unspecified atom stereocenters. The van der Waals surface area contributed by atoms with Gasteiger partial charge in [0.2, 0.25) is 15.9 Å². The van der Waals surface area contributed by atoms with Gasteiger partial charge in [0.25, 0.3) is 0 Å². The topological polar surface area (TPSA) is 57.7 Å². The summed E-state index contributed by atoms with van der Waals surface area (Å²) in [7, 11) is -3.83. The number of thiophene rings is 1. The van der Waals surface area contributed by atoms with Crippen molar-refractivity contribution >= 4 is 33.3 Å². The highest BCUT2D eigenvalue weighted by Crippen LogP contribution is 2.20. The third-order valence-corrected chi connectivity index (χ3v) is 7.90. The number of sulfonamides is 1. The van der Waals surface area contributed by atoms with Gasteiger partial charge in [0.05, 0.1) is 13.1 Å². The largest absolute Gasteiger partial charge is 0.332 e. The third-order valence-electron chi connectivity index (χ3n) is 5.41. The molecule has 0 spiro atoms. The maximum atomic E-state index is 13.5. The predicted octanol–water partition coefficient (Wildman–Crippen LogP) is 5.68. The lowest BCUT2D eigenvalue weighted by molar-refractivity contribution is -0.132. The molecule has 0 atom stereocenters. The van der Waals surface area contributed by atoms with Crippen LogP contribution in [0, 0.1) is 18.7 Å². The van der Waals surface area contributed by atoms with Crippen molar-refractivity contribution in [3.8, 4) is 0 Å². The van der Waals surface area contributed by atoms with Crippen molar-refractivity contribution in [1.82, 2.24) is 9.21 Å². The molecule has 2 aromatic carbocycles. The first-order valence-corrected chi connectivity index (χ1v) is 13.8. The average Bonchev–Trinajstić information content (AvgIpc) is 3.23. The second-order valence-electron chi connectivity index (χ2n) is 8.85. The fourth-order valence-corrected chi connectivity index (χ4v) is 5.73. The minimum absolute atomic E-state index is 0.0350. The first-order valence-electron chi connectivity index (χ1n) is 11.4. The molecule has 0 aliphatic carbocycles. The van der Waals surface area contributed by atoms with E-state index in [0.717, 1.165) is 27.0 Å². The second kappa shape index (κ2) is 12.2. The number of amides is 1. The Bertz CT molecular complexity index is 1240. The summed E-state index contributed by atoms with van der Waals surface area (Å²) in [5, 5.41) is 3.13. The van der Waals surface area contributed by atoms with Crippen LogP contribution in [0.3, 0.4) is 0 Å². The molecule has 5 nitrogen and oxygen atoms in total. The normalized spacial score (nSPS) is 12.1. The van der Waals surface area contributed by atoms with E-state index in [0.29, 0.717) is 6.54 Å². The van der Waals surface area contributed by atoms with Gasteiger partial charge in [-0.25, -0.2) is 12.8 Å². The van der Waals surface area contributed by atoms with Crippen LogP contribution in [-0.2, 0) is 27.9 Å². The van der Waals surface area contributed by atoms with E-state index in [1.54, 1.807) is 34.4 Å². The Morgan fingerprint density at radius 1 is 1.03 bits per heavy atom. The molecule has 0 saturated carbocycles. The Morgan fingerprint density at radius 3 is 2.31 bits per heavy atom. The molecule has 0 saturated heterocycles. The number of rotatable bonds is 11. The summed E-state index contributed by atoms with van der Waals surface area (Å²) in [5.41, 5.74) is 2.61. The van der Waals surface area contributed by atoms with E-state index < -0.39 is 10.0 Å². The number of carbonyl (C=O) groups is 1. The molecule has 35 heavy (non-hydrogen) atoms. The highest BCUT2D eigenvalue weighted by atomic mass is 32.2. The Kier molecular flexibility index (Phi) is 9.37. The summed E-state index contributed by atoms with van der Waals surface area (Å²) in [6.07, 6.45) is 1.54. The first kappa shape index (κ1) is 26.8. The van der Waals surface area contributed by atoms with Gasteiger partial charge >= 0.3 is 0 Å². The molecular weight excluding hydrogens is 483 g/mol. The van der Waals surface area contributed by atoms with Crippen molar-refractivity contribution in [3.05, 3.63) is 98.8 Å². The standard InChI is InChI=1S/C27H31FN2O3S2/c1-21(2)17-30(35(32,33)16-14-23-7-5-4-6-8-23)20-27(31)29(19-26-22(3)13-15-34-26)18-24-9-11-25(28)12-10-24/h4-16,21H,17-20H2,1-3H3/b16-14+. The number of hydrogen-bond donors (Lipinski definition) is 0. The molecule has 0 aliphatic rings. The summed E-state index contributed by atoms with van der Waals surface area (Å²) in [6.45, 7) is 6.37. The highest BCUT2D eigenvalue weighted by Gasteiger charge is 2.26. The Balaban J connectivity index is 1.84. The van der Waals surface area contributed by atoms with Crippen LogP contribution in [0.1, 0.15) is 35.4 Å². The van der Waals surface area contributed by atoms with Gasteiger partial charge in [-0.2, -0.15) is 4.31 Å². The molecule has 1 amide bonds. The number of hydrogen-bond acceptors (Lipinski definition) is 4. The molecular formula is C27H31FN2O3S2. The van der Waals surface area contributed by atoms with Crippen molar-refractivity contribution in [2.45, 2.75) is 33.9 Å². The van der Waals surface area contributed by atoms with E-state index in [4.69, 9.17) is 0 Å². The number of nitrogens with zero attached hydrogens (tertiary/aromatic N) is 2. The minimum Gasteiger partial charge on any atom is -0.332 e. The zero-order chi connectivity index (χ0) is 25.4. The van der Waals surface area contributed by atoms with Gasteiger partial charge < -0.3 is 4.90 Å². The predicted molar refractivity (Wildman–Crippen MR) is 141 cm³/mol. The molecule has 0 fully saturated rings. The molecule has 186 valence electrons. The van der Waals surface area contributed by atoms with Gasteiger partial charge in [-0.15, -0.1) is 11.3 Å². The summed E-state index contributed by atoms with van der Waals surface area (Å²) in [5.74, 6) is -0.618. The number of carbonyl (C=O) groups excluding carboxylic acids is 1. The van der Waals surface area contributed by atoms with Crippen LogP contribution < -0.4 is 0 Å². The lowest BCUT2D eigenvalue weighted by Gasteiger charge is -2.27. The lowest BCUT2D eigenvalue weighted by Crippen LogP contribution is -2.43. The van der Waals surface area contributed by atoms with Crippen LogP contribution in [0.4, 0.5) is 4.39 Å². The molecule has 1 heterocycles. The summed E-state index contributed by atoms with van der Waals surface area (Å²) >= 11 is 1.55. The quantitative estimate of drug-likeness (QED) is 0.331. The van der Waals surface area contributed by atoms with Gasteiger partial charge in [-0.3, -0.25) is 4.79 Å². The monoisotopic (exact) mass is 514 g/mol. The third kappa shape index (κ3) is 8.13. The van der Waals surface area contributed by atoms with E-state index >= 15 is 0 Å². The summed E-state index contributed by atoms with van der Waals surface area (Å²) in [6, 6.07) is 17.2. The van der Waals surface area contributed by atoms with E-state index in [-0.39, 0.29) is 37.3 Å². The number of halogens is 1. The average molecular weight is 515 g/mol. The molecule has 1 aromatic heterocycles. The van der Waals surface area contributed by atoms with Crippen molar-refractivity contribution < 1.29 is 17.6 Å². The summed E-state index contributed by atoms with van der Waals surface area (Å²) < 4.78 is 41.0. The van der Waals surface area contributed by atoms with Crippen LogP contribution in [0.2, 0.25) is 0 Å². The zero-order valence-electron chi connectivity index (χ0n) is 20.2. The molecule has 8 heteroatoms. The smallest absolute Gasteiger partial charge is 0.238 e. The first-order chi connectivity index (χ1) is 16.6. The fraction of sp³-hybridized carbons (Fsp3) is 0.296. The van der Waals surface area contributed by atoms with Crippen LogP contribution in [0.5, 0.6) is 0 Å². The van der Waals surface area contributed by atoms with Gasteiger partial charge in [-0.05, 0) is 59.2 Å². The van der Waals surface area contributed by atoms with Crippen LogP contribution in [0.15, 0.2) is 71.5 Å². The highest BCUT2D eigenvalue weighted by molar-refractivity contribution is 7.92. The lowest BCUT2D eigenvalue weighted by atomic mass is 10.2.